The number of piperazine rings is 1. The number of rotatable bonds is 6. The molecule has 25 heavy (non-hydrogen) atoms. The molecular formula is C19H27N3O3. The minimum Gasteiger partial charge on any atom is -0.497 e. The van der Waals surface area contributed by atoms with Crippen molar-refractivity contribution in [3.05, 3.63) is 29.8 Å². The summed E-state index contributed by atoms with van der Waals surface area (Å²) in [6.07, 6.45) is 2.34. The molecular weight excluding hydrogens is 318 g/mol. The Kier molecular flexibility index (Phi) is 5.58. The maximum Gasteiger partial charge on any atom is 0.236 e. The fourth-order valence-corrected chi connectivity index (χ4v) is 3.26. The van der Waals surface area contributed by atoms with E-state index in [1.807, 2.05) is 17.0 Å². The zero-order chi connectivity index (χ0) is 17.8. The van der Waals surface area contributed by atoms with Gasteiger partial charge in [-0.1, -0.05) is 12.1 Å². The molecule has 1 aliphatic heterocycles. The van der Waals surface area contributed by atoms with Crippen LogP contribution in [0.3, 0.4) is 0 Å². The van der Waals surface area contributed by atoms with Crippen LogP contribution in [0.2, 0.25) is 0 Å². The van der Waals surface area contributed by atoms with Crippen LogP contribution in [0.5, 0.6) is 5.75 Å². The first-order valence-electron chi connectivity index (χ1n) is 8.97. The number of hydrogen-bond donors (Lipinski definition) is 0. The summed E-state index contributed by atoms with van der Waals surface area (Å²) in [6.45, 7) is 5.39. The van der Waals surface area contributed by atoms with Gasteiger partial charge in [0.05, 0.1) is 13.7 Å². The number of methoxy groups -OCH3 is 1. The van der Waals surface area contributed by atoms with E-state index in [-0.39, 0.29) is 11.8 Å². The molecule has 2 fully saturated rings. The minimum absolute atomic E-state index is 0.0891. The van der Waals surface area contributed by atoms with Crippen molar-refractivity contribution in [1.82, 2.24) is 14.7 Å². The SMILES string of the molecule is COc1ccc(CN(CC(=O)N2CCN(C(C)=O)CC2)C2CC2)cc1. The number of carbonyl (C=O) groups excluding carboxylic acids is 2. The molecule has 1 saturated heterocycles. The number of hydrogen-bond acceptors (Lipinski definition) is 4. The van der Waals surface area contributed by atoms with Gasteiger partial charge in [-0.05, 0) is 30.5 Å². The largest absolute Gasteiger partial charge is 0.497 e. The summed E-state index contributed by atoms with van der Waals surface area (Å²) < 4.78 is 5.20. The van der Waals surface area contributed by atoms with E-state index in [4.69, 9.17) is 4.74 Å². The Balaban J connectivity index is 1.54. The van der Waals surface area contributed by atoms with Gasteiger partial charge in [0.1, 0.15) is 5.75 Å². The summed E-state index contributed by atoms with van der Waals surface area (Å²) in [5.41, 5.74) is 1.20. The van der Waals surface area contributed by atoms with E-state index in [9.17, 15) is 9.59 Å². The van der Waals surface area contributed by atoms with E-state index in [1.165, 1.54) is 18.4 Å². The molecule has 1 aromatic carbocycles. The lowest BCUT2D eigenvalue weighted by atomic mass is 10.2. The molecule has 2 amide bonds. The molecule has 0 N–H and O–H groups in total. The van der Waals surface area contributed by atoms with Crippen LogP contribution in [0.1, 0.15) is 25.3 Å². The second kappa shape index (κ2) is 7.87. The third-order valence-corrected chi connectivity index (χ3v) is 5.02. The zero-order valence-corrected chi connectivity index (χ0v) is 15.1. The van der Waals surface area contributed by atoms with Crippen LogP contribution in [0.25, 0.3) is 0 Å². The number of nitrogens with zero attached hydrogens (tertiary/aromatic N) is 3. The fourth-order valence-electron chi connectivity index (χ4n) is 3.26. The summed E-state index contributed by atoms with van der Waals surface area (Å²) in [4.78, 5) is 30.0. The lowest BCUT2D eigenvalue weighted by molar-refractivity contribution is -0.139. The molecule has 6 nitrogen and oxygen atoms in total. The monoisotopic (exact) mass is 345 g/mol. The third kappa shape index (κ3) is 4.72. The molecule has 3 rings (SSSR count). The van der Waals surface area contributed by atoms with Gasteiger partial charge in [-0.2, -0.15) is 0 Å². The number of amides is 2. The zero-order valence-electron chi connectivity index (χ0n) is 15.1. The molecule has 0 aromatic heterocycles. The van der Waals surface area contributed by atoms with Crippen molar-refractivity contribution < 1.29 is 14.3 Å². The highest BCUT2D eigenvalue weighted by atomic mass is 16.5. The molecule has 1 heterocycles. The van der Waals surface area contributed by atoms with Gasteiger partial charge in [-0.3, -0.25) is 14.5 Å². The van der Waals surface area contributed by atoms with Crippen LogP contribution in [-0.4, -0.2) is 72.4 Å². The second-order valence-corrected chi connectivity index (χ2v) is 6.87. The van der Waals surface area contributed by atoms with Gasteiger partial charge in [-0.15, -0.1) is 0 Å². The van der Waals surface area contributed by atoms with E-state index in [1.54, 1.807) is 18.9 Å². The summed E-state index contributed by atoms with van der Waals surface area (Å²) in [5.74, 6) is 1.11. The van der Waals surface area contributed by atoms with Gasteiger partial charge >= 0.3 is 0 Å². The number of benzene rings is 1. The molecule has 1 saturated carbocycles. The molecule has 136 valence electrons. The van der Waals surface area contributed by atoms with E-state index in [2.05, 4.69) is 17.0 Å². The Morgan fingerprint density at radius 3 is 2.20 bits per heavy atom. The van der Waals surface area contributed by atoms with Gasteiger partial charge in [0.2, 0.25) is 11.8 Å². The lowest BCUT2D eigenvalue weighted by Crippen LogP contribution is -2.52. The molecule has 0 radical (unpaired) electrons. The van der Waals surface area contributed by atoms with Gasteiger partial charge in [0.15, 0.2) is 0 Å². The Morgan fingerprint density at radius 1 is 1.08 bits per heavy atom. The smallest absolute Gasteiger partial charge is 0.236 e. The first kappa shape index (κ1) is 17.7. The molecule has 0 bridgehead atoms. The average molecular weight is 345 g/mol. The standard InChI is InChI=1S/C19H27N3O3/c1-15(23)20-9-11-21(12-10-20)19(24)14-22(17-5-6-17)13-16-3-7-18(25-2)8-4-16/h3-4,7-8,17H,5-6,9-14H2,1-2H3. The number of carbonyl (C=O) groups is 2. The van der Waals surface area contributed by atoms with Gasteiger partial charge < -0.3 is 14.5 Å². The van der Waals surface area contributed by atoms with E-state index < -0.39 is 0 Å². The summed E-state index contributed by atoms with van der Waals surface area (Å²) >= 11 is 0. The van der Waals surface area contributed by atoms with Crippen molar-refractivity contribution in [2.45, 2.75) is 32.4 Å². The van der Waals surface area contributed by atoms with Crippen LogP contribution < -0.4 is 4.74 Å². The maximum absolute atomic E-state index is 12.7. The average Bonchev–Trinajstić information content (AvgIpc) is 3.47. The molecule has 6 heteroatoms. The van der Waals surface area contributed by atoms with E-state index >= 15 is 0 Å². The van der Waals surface area contributed by atoms with Crippen LogP contribution in [0.15, 0.2) is 24.3 Å². The Morgan fingerprint density at radius 2 is 1.68 bits per heavy atom. The molecule has 2 aliphatic rings. The van der Waals surface area contributed by atoms with Crippen molar-refractivity contribution >= 4 is 11.8 Å². The van der Waals surface area contributed by atoms with Crippen LogP contribution in [0, 0.1) is 0 Å². The van der Waals surface area contributed by atoms with Crippen molar-refractivity contribution in [2.75, 3.05) is 39.8 Å². The normalized spacial score (nSPS) is 17.7. The Hall–Kier alpha value is -2.08. The maximum atomic E-state index is 12.7. The first-order chi connectivity index (χ1) is 12.1. The highest BCUT2D eigenvalue weighted by molar-refractivity contribution is 5.79. The first-order valence-corrected chi connectivity index (χ1v) is 8.97. The Labute approximate surface area is 149 Å². The highest BCUT2D eigenvalue weighted by Gasteiger charge is 2.32. The van der Waals surface area contributed by atoms with Crippen molar-refractivity contribution in [2.24, 2.45) is 0 Å². The summed E-state index contributed by atoms with van der Waals surface area (Å²) in [7, 11) is 1.66. The van der Waals surface area contributed by atoms with E-state index in [0.29, 0.717) is 38.8 Å². The molecule has 1 aromatic rings. The molecule has 0 atom stereocenters. The summed E-state index contributed by atoms with van der Waals surface area (Å²) in [6, 6.07) is 8.56. The topological polar surface area (TPSA) is 53.1 Å². The van der Waals surface area contributed by atoms with Gasteiger partial charge in [-0.25, -0.2) is 0 Å². The molecule has 0 spiro atoms. The summed E-state index contributed by atoms with van der Waals surface area (Å²) in [5, 5.41) is 0. The molecule has 0 unspecified atom stereocenters. The highest BCUT2D eigenvalue weighted by Crippen LogP contribution is 2.28. The number of ether oxygens (including phenoxy) is 1. The van der Waals surface area contributed by atoms with E-state index in [0.717, 1.165) is 12.3 Å². The van der Waals surface area contributed by atoms with Gasteiger partial charge in [0, 0.05) is 45.7 Å². The third-order valence-electron chi connectivity index (χ3n) is 5.02. The predicted molar refractivity (Wildman–Crippen MR) is 95.3 cm³/mol. The molecule has 1 aliphatic carbocycles. The predicted octanol–water partition coefficient (Wildman–Crippen LogP) is 1.35. The second-order valence-electron chi connectivity index (χ2n) is 6.87. The minimum atomic E-state index is 0.0891. The quantitative estimate of drug-likeness (QED) is 0.781. The lowest BCUT2D eigenvalue weighted by Gasteiger charge is -2.35. The van der Waals surface area contributed by atoms with Crippen molar-refractivity contribution in [1.29, 1.82) is 0 Å². The van der Waals surface area contributed by atoms with Crippen LogP contribution in [-0.2, 0) is 16.1 Å². The Bertz CT molecular complexity index is 605. The van der Waals surface area contributed by atoms with Gasteiger partial charge in [0.25, 0.3) is 0 Å². The fraction of sp³-hybridized carbons (Fsp3) is 0.579. The van der Waals surface area contributed by atoms with Crippen molar-refractivity contribution in [3.63, 3.8) is 0 Å². The van der Waals surface area contributed by atoms with Crippen molar-refractivity contribution in [3.8, 4) is 5.75 Å². The van der Waals surface area contributed by atoms with Crippen LogP contribution in [0.4, 0.5) is 0 Å². The van der Waals surface area contributed by atoms with Crippen LogP contribution >= 0.6 is 0 Å².